The number of aromatic nitrogens is 3. The number of fused-ring (bicyclic) bond motifs is 10. The number of benzene rings is 9. The topological polar surface area (TPSA) is 38.7 Å². The van der Waals surface area contributed by atoms with Gasteiger partial charge in [-0.2, -0.15) is 0 Å². The fraction of sp³-hybridized carbons (Fsp3) is 0.169. The van der Waals surface area contributed by atoms with Crippen LogP contribution in [-0.2, 0) is 5.41 Å². The Labute approximate surface area is 361 Å². The Bertz CT molecular complexity index is 3430. The van der Waals surface area contributed by atoms with Gasteiger partial charge in [-0.05, 0) is 150 Å². The van der Waals surface area contributed by atoms with E-state index in [2.05, 4.69) is 170 Å². The number of nitrogens with zero attached hydrogens (tertiary/aromatic N) is 3. The molecular formula is C59H43N3. The minimum absolute atomic E-state index is 0.169. The lowest BCUT2D eigenvalue weighted by Crippen LogP contribution is -2.55. The van der Waals surface area contributed by atoms with E-state index in [1.807, 2.05) is 6.07 Å². The van der Waals surface area contributed by atoms with Crippen LogP contribution in [0.25, 0.3) is 99.5 Å². The van der Waals surface area contributed by atoms with Crippen molar-refractivity contribution in [2.75, 3.05) is 0 Å². The first-order chi connectivity index (χ1) is 30.7. The van der Waals surface area contributed by atoms with Gasteiger partial charge in [0, 0.05) is 22.1 Å². The van der Waals surface area contributed by atoms with Crippen LogP contribution in [0.15, 0.2) is 176 Å². The molecule has 62 heavy (non-hydrogen) atoms. The highest BCUT2D eigenvalue weighted by Crippen LogP contribution is 2.69. The number of hydrogen-bond donors (Lipinski definition) is 0. The van der Waals surface area contributed by atoms with E-state index in [0.29, 0.717) is 17.5 Å². The van der Waals surface area contributed by atoms with E-state index in [9.17, 15) is 0 Å². The van der Waals surface area contributed by atoms with E-state index in [1.54, 1.807) is 11.1 Å². The summed E-state index contributed by atoms with van der Waals surface area (Å²) in [5.41, 5.74) is 11.7. The van der Waals surface area contributed by atoms with Crippen LogP contribution in [0.2, 0.25) is 0 Å². The molecule has 4 fully saturated rings. The van der Waals surface area contributed by atoms with E-state index in [-0.39, 0.29) is 5.41 Å². The molecule has 0 aliphatic heterocycles. The quantitative estimate of drug-likeness (QED) is 0.167. The maximum absolute atomic E-state index is 5.34. The smallest absolute Gasteiger partial charge is 0.164 e. The monoisotopic (exact) mass is 793 g/mol. The van der Waals surface area contributed by atoms with Crippen LogP contribution in [0.4, 0.5) is 0 Å². The molecular weight excluding hydrogens is 751 g/mol. The van der Waals surface area contributed by atoms with Gasteiger partial charge in [0.15, 0.2) is 17.5 Å². The summed E-state index contributed by atoms with van der Waals surface area (Å²) in [6.45, 7) is 0. The third-order valence-corrected chi connectivity index (χ3v) is 15.7. The van der Waals surface area contributed by atoms with Gasteiger partial charge in [0.05, 0.1) is 0 Å². The maximum atomic E-state index is 5.34. The van der Waals surface area contributed by atoms with Crippen molar-refractivity contribution in [3.8, 4) is 56.4 Å². The lowest BCUT2D eigenvalue weighted by Gasteiger charge is -2.61. The molecule has 0 saturated heterocycles. The lowest BCUT2D eigenvalue weighted by atomic mass is 9.43. The zero-order valence-electron chi connectivity index (χ0n) is 34.4. The van der Waals surface area contributed by atoms with Crippen molar-refractivity contribution in [1.82, 2.24) is 15.0 Å². The molecule has 0 N–H and O–H groups in total. The van der Waals surface area contributed by atoms with Crippen molar-refractivity contribution in [3.63, 3.8) is 0 Å². The zero-order valence-corrected chi connectivity index (χ0v) is 34.4. The Balaban J connectivity index is 0.930. The van der Waals surface area contributed by atoms with Crippen LogP contribution in [0.5, 0.6) is 0 Å². The van der Waals surface area contributed by atoms with Crippen LogP contribution in [0.1, 0.15) is 43.2 Å². The van der Waals surface area contributed by atoms with Crippen LogP contribution >= 0.6 is 0 Å². The molecule has 4 saturated carbocycles. The Morgan fingerprint density at radius 1 is 0.306 bits per heavy atom. The van der Waals surface area contributed by atoms with Crippen LogP contribution < -0.4 is 0 Å². The van der Waals surface area contributed by atoms with Gasteiger partial charge < -0.3 is 0 Å². The summed E-state index contributed by atoms with van der Waals surface area (Å²) in [5, 5.41) is 9.75. The van der Waals surface area contributed by atoms with Crippen molar-refractivity contribution in [2.24, 2.45) is 23.7 Å². The lowest BCUT2D eigenvalue weighted by molar-refractivity contribution is -0.0399. The molecule has 5 aliphatic carbocycles. The minimum atomic E-state index is 0.169. The zero-order chi connectivity index (χ0) is 40.5. The first kappa shape index (κ1) is 34.7. The van der Waals surface area contributed by atoms with E-state index in [1.165, 1.54) is 92.1 Å². The summed E-state index contributed by atoms with van der Waals surface area (Å²) in [6, 6.07) is 64.8. The predicted octanol–water partition coefficient (Wildman–Crippen LogP) is 14.9. The molecule has 9 aromatic carbocycles. The average Bonchev–Trinajstić information content (AvgIpc) is 3.62. The molecule has 5 aliphatic rings. The summed E-state index contributed by atoms with van der Waals surface area (Å²) < 4.78 is 0. The molecule has 1 heterocycles. The predicted molar refractivity (Wildman–Crippen MR) is 255 cm³/mol. The average molecular weight is 794 g/mol. The second-order valence-electron chi connectivity index (χ2n) is 18.7. The van der Waals surface area contributed by atoms with E-state index >= 15 is 0 Å². The fourth-order valence-electron chi connectivity index (χ4n) is 13.5. The minimum Gasteiger partial charge on any atom is -0.208 e. The van der Waals surface area contributed by atoms with Crippen molar-refractivity contribution < 1.29 is 0 Å². The highest BCUT2D eigenvalue weighted by Gasteiger charge is 2.61. The molecule has 0 atom stereocenters. The summed E-state index contributed by atoms with van der Waals surface area (Å²) in [7, 11) is 0. The van der Waals surface area contributed by atoms with Gasteiger partial charge in [-0.3, -0.25) is 0 Å². The summed E-state index contributed by atoms with van der Waals surface area (Å²) in [4.78, 5) is 15.8. The molecule has 3 nitrogen and oxygen atoms in total. The van der Waals surface area contributed by atoms with Gasteiger partial charge in [0.25, 0.3) is 0 Å². The first-order valence-corrected chi connectivity index (χ1v) is 22.6. The van der Waals surface area contributed by atoms with Gasteiger partial charge >= 0.3 is 0 Å². The fourth-order valence-corrected chi connectivity index (χ4v) is 13.5. The second kappa shape index (κ2) is 13.0. The highest BCUT2D eigenvalue weighted by molar-refractivity contribution is 6.25. The van der Waals surface area contributed by atoms with Crippen molar-refractivity contribution in [3.05, 3.63) is 187 Å². The van der Waals surface area contributed by atoms with Crippen LogP contribution in [0.3, 0.4) is 0 Å². The third kappa shape index (κ3) is 4.85. The second-order valence-corrected chi connectivity index (χ2v) is 18.7. The first-order valence-electron chi connectivity index (χ1n) is 22.6. The Hall–Kier alpha value is -6.97. The van der Waals surface area contributed by atoms with Gasteiger partial charge in [-0.1, -0.05) is 158 Å². The van der Waals surface area contributed by atoms with Gasteiger partial charge in [-0.25, -0.2) is 15.0 Å². The Morgan fingerprint density at radius 3 is 1.50 bits per heavy atom. The van der Waals surface area contributed by atoms with E-state index in [4.69, 9.17) is 15.0 Å². The number of hydrogen-bond acceptors (Lipinski definition) is 3. The van der Waals surface area contributed by atoms with Crippen molar-refractivity contribution in [2.45, 2.75) is 37.5 Å². The SMILES string of the molecule is c1ccc(-c2nc(-c3ccc4c5ccccc5c5ccccc5c4c3)nc(-c3ccc(-c4ccc5c(c4)-c4ccccc4C54C5CC6CC(C5)CC4C6)c4ccccc34)n2)cc1. The largest absolute Gasteiger partial charge is 0.208 e. The van der Waals surface area contributed by atoms with Gasteiger partial charge in [0.2, 0.25) is 0 Å². The molecule has 15 rings (SSSR count). The normalized spacial score (nSPS) is 21.9. The van der Waals surface area contributed by atoms with Gasteiger partial charge in [-0.15, -0.1) is 0 Å². The van der Waals surface area contributed by atoms with Gasteiger partial charge in [0.1, 0.15) is 0 Å². The Morgan fingerprint density at radius 2 is 0.806 bits per heavy atom. The van der Waals surface area contributed by atoms with E-state index in [0.717, 1.165) is 45.7 Å². The molecule has 0 unspecified atom stereocenters. The molecule has 4 bridgehead atoms. The molecule has 0 amide bonds. The van der Waals surface area contributed by atoms with Crippen LogP contribution in [0, 0.1) is 23.7 Å². The van der Waals surface area contributed by atoms with Crippen LogP contribution in [-0.4, -0.2) is 15.0 Å². The molecule has 1 spiro atoms. The standard InChI is InChI=1S/C59H43N3/c1-2-12-37(13-3-1)56-60-57(39-22-24-49-46-17-6-5-15-44(46)45-16-7-9-19-48(45)52(49)34-39)62-58(61-56)51-26-25-42(43-14-4-8-18-47(43)51)38-23-27-55-53(33-38)50-20-10-11-21-54(50)59(55)40-29-35-28-36(31-40)32-41(59)30-35/h1-27,33-36,40-41H,28-32H2. The number of rotatable bonds is 4. The summed E-state index contributed by atoms with van der Waals surface area (Å²) in [6.07, 6.45) is 7.06. The summed E-state index contributed by atoms with van der Waals surface area (Å²) in [5.74, 6) is 5.38. The molecule has 3 heteroatoms. The molecule has 0 radical (unpaired) electrons. The maximum Gasteiger partial charge on any atom is 0.164 e. The molecule has 1 aromatic heterocycles. The Kier molecular flexibility index (Phi) is 7.29. The highest BCUT2D eigenvalue weighted by atomic mass is 15.0. The molecule has 10 aromatic rings. The third-order valence-electron chi connectivity index (χ3n) is 15.7. The van der Waals surface area contributed by atoms with E-state index < -0.39 is 0 Å². The van der Waals surface area contributed by atoms with Crippen molar-refractivity contribution >= 4 is 43.1 Å². The van der Waals surface area contributed by atoms with Crippen molar-refractivity contribution in [1.29, 1.82) is 0 Å². The summed E-state index contributed by atoms with van der Waals surface area (Å²) >= 11 is 0. The molecule has 294 valence electrons.